The van der Waals surface area contributed by atoms with Gasteiger partial charge in [-0.25, -0.2) is 9.48 Å². The number of anilines is 1. The van der Waals surface area contributed by atoms with E-state index in [0.29, 0.717) is 6.54 Å². The molecule has 6 nitrogen and oxygen atoms in total. The van der Waals surface area contributed by atoms with Crippen molar-refractivity contribution < 1.29 is 4.79 Å². The molecule has 0 saturated heterocycles. The number of para-hydroxylation sites is 1. The van der Waals surface area contributed by atoms with Crippen molar-refractivity contribution >= 4 is 11.7 Å². The van der Waals surface area contributed by atoms with E-state index in [9.17, 15) is 4.79 Å². The molecule has 36 heavy (non-hydrogen) atoms. The van der Waals surface area contributed by atoms with E-state index < -0.39 is 0 Å². The van der Waals surface area contributed by atoms with Crippen molar-refractivity contribution in [1.29, 1.82) is 0 Å². The minimum atomic E-state index is -0.275. The summed E-state index contributed by atoms with van der Waals surface area (Å²) in [5.74, 6) is 0.963. The Labute approximate surface area is 210 Å². The molecule has 0 spiro atoms. The molecule has 2 aromatic heterocycles. The maximum atomic E-state index is 13.9. The highest BCUT2D eigenvalue weighted by atomic mass is 16.2. The first-order valence-electron chi connectivity index (χ1n) is 12.1. The van der Waals surface area contributed by atoms with E-state index in [1.165, 1.54) is 0 Å². The zero-order valence-electron chi connectivity index (χ0n) is 20.3. The topological polar surface area (TPSA) is 55.1 Å². The number of aromatic nitrogens is 3. The second-order valence-corrected chi connectivity index (χ2v) is 9.18. The Morgan fingerprint density at radius 2 is 1.56 bits per heavy atom. The molecular weight excluding hydrogens is 446 g/mol. The Morgan fingerprint density at radius 3 is 2.28 bits per heavy atom. The molecule has 3 aromatic carbocycles. The number of hydrogen-bond acceptors (Lipinski definition) is 2. The number of rotatable bonds is 3. The van der Waals surface area contributed by atoms with Gasteiger partial charge in [0.15, 0.2) is 0 Å². The van der Waals surface area contributed by atoms with Crippen LogP contribution in [0.2, 0.25) is 0 Å². The maximum Gasteiger partial charge on any atom is 0.322 e. The average Bonchev–Trinajstić information content (AvgIpc) is 3.47. The molecule has 0 fully saturated rings. The van der Waals surface area contributed by atoms with Gasteiger partial charge in [0.2, 0.25) is 0 Å². The van der Waals surface area contributed by atoms with Crippen molar-refractivity contribution in [2.24, 2.45) is 0 Å². The van der Waals surface area contributed by atoms with Crippen molar-refractivity contribution in [3.63, 3.8) is 0 Å². The maximum absolute atomic E-state index is 13.9. The zero-order chi connectivity index (χ0) is 24.6. The van der Waals surface area contributed by atoms with E-state index in [-0.39, 0.29) is 12.1 Å². The molecule has 1 N–H and O–H groups in total. The summed E-state index contributed by atoms with van der Waals surface area (Å²) < 4.78 is 4.16. The fraction of sp³-hybridized carbons (Fsp3) is 0.133. The van der Waals surface area contributed by atoms with Crippen LogP contribution in [0.4, 0.5) is 10.5 Å². The van der Waals surface area contributed by atoms with Crippen LogP contribution in [-0.2, 0) is 6.54 Å². The van der Waals surface area contributed by atoms with E-state index in [0.717, 1.165) is 45.3 Å². The van der Waals surface area contributed by atoms with Crippen LogP contribution in [0.15, 0.2) is 103 Å². The van der Waals surface area contributed by atoms with Crippen molar-refractivity contribution in [2.75, 3.05) is 5.32 Å². The number of urea groups is 1. The lowest BCUT2D eigenvalue weighted by Crippen LogP contribution is -2.38. The predicted octanol–water partition coefficient (Wildman–Crippen LogP) is 6.42. The quantitative estimate of drug-likeness (QED) is 0.329. The van der Waals surface area contributed by atoms with Crippen molar-refractivity contribution in [3.8, 4) is 11.5 Å². The van der Waals surface area contributed by atoms with Crippen LogP contribution in [0.25, 0.3) is 11.5 Å². The number of amides is 2. The Balaban J connectivity index is 1.52. The van der Waals surface area contributed by atoms with Crippen molar-refractivity contribution in [1.82, 2.24) is 19.2 Å². The number of aryl methyl sites for hydroxylation is 2. The number of carbonyl (C=O) groups excluding carboxylic acids is 1. The first-order valence-corrected chi connectivity index (χ1v) is 12.1. The van der Waals surface area contributed by atoms with Gasteiger partial charge in [-0.2, -0.15) is 5.10 Å². The first-order chi connectivity index (χ1) is 17.6. The lowest BCUT2D eigenvalue weighted by atomic mass is 10.0. The van der Waals surface area contributed by atoms with Gasteiger partial charge in [0, 0.05) is 17.4 Å². The third kappa shape index (κ3) is 3.77. The summed E-state index contributed by atoms with van der Waals surface area (Å²) >= 11 is 0. The van der Waals surface area contributed by atoms with Gasteiger partial charge in [-0.15, -0.1) is 0 Å². The molecule has 1 atom stereocenters. The van der Waals surface area contributed by atoms with Gasteiger partial charge in [-0.3, -0.25) is 0 Å². The molecule has 3 heterocycles. The van der Waals surface area contributed by atoms with Crippen LogP contribution < -0.4 is 5.32 Å². The molecule has 178 valence electrons. The number of carbonyl (C=O) groups is 1. The Bertz CT molecular complexity index is 1520. The Kier molecular flexibility index (Phi) is 5.41. The molecule has 0 saturated carbocycles. The van der Waals surface area contributed by atoms with E-state index in [4.69, 9.17) is 5.10 Å². The molecule has 0 aliphatic carbocycles. The smallest absolute Gasteiger partial charge is 0.308 e. The highest BCUT2D eigenvalue weighted by Crippen LogP contribution is 2.38. The molecule has 1 aliphatic rings. The van der Waals surface area contributed by atoms with Gasteiger partial charge < -0.3 is 14.8 Å². The summed E-state index contributed by atoms with van der Waals surface area (Å²) in [5, 5.41) is 8.03. The minimum Gasteiger partial charge on any atom is -0.308 e. The largest absolute Gasteiger partial charge is 0.322 e. The van der Waals surface area contributed by atoms with E-state index in [1.807, 2.05) is 90.2 Å². The van der Waals surface area contributed by atoms with E-state index >= 15 is 0 Å². The second kappa shape index (κ2) is 8.89. The van der Waals surface area contributed by atoms with Crippen molar-refractivity contribution in [2.45, 2.75) is 26.4 Å². The number of nitrogens with zero attached hydrogens (tertiary/aromatic N) is 4. The fourth-order valence-corrected chi connectivity index (χ4v) is 4.97. The molecular formula is C30H27N5O. The van der Waals surface area contributed by atoms with Crippen LogP contribution in [0.1, 0.15) is 34.1 Å². The molecule has 5 aromatic rings. The molecule has 0 bridgehead atoms. The van der Waals surface area contributed by atoms with Crippen LogP contribution in [0, 0.1) is 13.8 Å². The lowest BCUT2D eigenvalue weighted by molar-refractivity contribution is 0.194. The number of fused-ring (bicyclic) bond motifs is 3. The predicted molar refractivity (Wildman–Crippen MR) is 142 cm³/mol. The molecule has 1 aliphatic heterocycles. The van der Waals surface area contributed by atoms with E-state index in [2.05, 4.69) is 46.4 Å². The summed E-state index contributed by atoms with van der Waals surface area (Å²) in [6, 6.07) is 31.9. The van der Waals surface area contributed by atoms with Gasteiger partial charge in [0.1, 0.15) is 5.82 Å². The van der Waals surface area contributed by atoms with Gasteiger partial charge in [-0.05, 0) is 55.8 Å². The van der Waals surface area contributed by atoms with Crippen LogP contribution in [0.5, 0.6) is 0 Å². The molecule has 6 rings (SSSR count). The summed E-state index contributed by atoms with van der Waals surface area (Å²) in [4.78, 5) is 15.8. The molecule has 0 unspecified atom stereocenters. The summed E-state index contributed by atoms with van der Waals surface area (Å²) in [5.41, 5.74) is 6.89. The molecule has 0 radical (unpaired) electrons. The number of benzene rings is 3. The monoisotopic (exact) mass is 473 g/mol. The van der Waals surface area contributed by atoms with Crippen LogP contribution in [-0.4, -0.2) is 25.3 Å². The van der Waals surface area contributed by atoms with Gasteiger partial charge in [0.05, 0.1) is 29.7 Å². The minimum absolute atomic E-state index is 0.153. The van der Waals surface area contributed by atoms with Gasteiger partial charge in [-0.1, -0.05) is 66.2 Å². The first kappa shape index (κ1) is 21.9. The van der Waals surface area contributed by atoms with Crippen LogP contribution >= 0.6 is 0 Å². The second-order valence-electron chi connectivity index (χ2n) is 9.18. The van der Waals surface area contributed by atoms with E-state index in [1.54, 1.807) is 0 Å². The third-order valence-electron chi connectivity index (χ3n) is 6.77. The molecule has 2 amide bonds. The summed E-state index contributed by atoms with van der Waals surface area (Å²) in [6.45, 7) is 4.47. The zero-order valence-corrected chi connectivity index (χ0v) is 20.3. The lowest BCUT2D eigenvalue weighted by Gasteiger charge is -2.31. The highest BCUT2D eigenvalue weighted by Gasteiger charge is 2.35. The standard InChI is InChI=1S/C30H27N5O/c1-21-15-17-24(18-16-21)31-30(36)34-20-26-22(2)32-35(25-12-7-4-8-13-25)29(26)33-19-9-14-27(33)28(34)23-10-5-3-6-11-23/h3-19,28H,20H2,1-2H3,(H,31,36)/t28-/m1/s1. The fourth-order valence-electron chi connectivity index (χ4n) is 4.97. The van der Waals surface area contributed by atoms with Gasteiger partial charge in [0.25, 0.3) is 0 Å². The number of nitrogens with one attached hydrogen (secondary N) is 1. The summed E-state index contributed by atoms with van der Waals surface area (Å²) in [7, 11) is 0. The van der Waals surface area contributed by atoms with Gasteiger partial charge >= 0.3 is 6.03 Å². The Morgan fingerprint density at radius 1 is 0.861 bits per heavy atom. The Hall–Kier alpha value is -4.58. The van der Waals surface area contributed by atoms with Crippen LogP contribution in [0.3, 0.4) is 0 Å². The third-order valence-corrected chi connectivity index (χ3v) is 6.77. The summed E-state index contributed by atoms with van der Waals surface area (Å²) in [6.07, 6.45) is 2.06. The average molecular weight is 474 g/mol. The highest BCUT2D eigenvalue weighted by molar-refractivity contribution is 5.90. The SMILES string of the molecule is Cc1ccc(NC(=O)N2Cc3c(C)nn(-c4ccccc4)c3-n3cccc3[C@H]2c2ccccc2)cc1. The normalized spacial score (nSPS) is 14.6. The number of hydrogen-bond donors (Lipinski definition) is 1. The molecule has 6 heteroatoms. The van der Waals surface area contributed by atoms with Crippen molar-refractivity contribution in [3.05, 3.63) is 131 Å².